The largest absolute Gasteiger partial charge is 0.493 e. The minimum atomic E-state index is 0.0475. The lowest BCUT2D eigenvalue weighted by molar-refractivity contribution is 0.181. The van der Waals surface area contributed by atoms with E-state index in [0.717, 1.165) is 66.2 Å². The number of benzene rings is 1. The van der Waals surface area contributed by atoms with E-state index in [2.05, 4.69) is 34.6 Å². The van der Waals surface area contributed by atoms with Crippen LogP contribution in [0.5, 0.6) is 17.4 Å². The monoisotopic (exact) mass is 414 g/mol. The van der Waals surface area contributed by atoms with E-state index in [0.29, 0.717) is 12.5 Å². The van der Waals surface area contributed by atoms with E-state index in [9.17, 15) is 0 Å². The summed E-state index contributed by atoms with van der Waals surface area (Å²) < 4.78 is 18.2. The Morgan fingerprint density at radius 2 is 1.57 bits per heavy atom. The molecule has 30 heavy (non-hydrogen) atoms. The molecule has 0 bridgehead atoms. The van der Waals surface area contributed by atoms with Gasteiger partial charge >= 0.3 is 0 Å². The van der Waals surface area contributed by atoms with E-state index in [1.165, 1.54) is 0 Å². The van der Waals surface area contributed by atoms with Crippen LogP contribution in [0.2, 0.25) is 0 Å². The molecule has 5 heteroatoms. The molecule has 0 atom stereocenters. The van der Waals surface area contributed by atoms with E-state index in [1.54, 1.807) is 0 Å². The minimum Gasteiger partial charge on any atom is -0.493 e. The van der Waals surface area contributed by atoms with Crippen LogP contribution in [-0.4, -0.2) is 28.8 Å². The summed E-state index contributed by atoms with van der Waals surface area (Å²) in [4.78, 5) is 9.90. The average Bonchev–Trinajstić information content (AvgIpc) is 2.75. The molecule has 166 valence electrons. The van der Waals surface area contributed by atoms with Crippen molar-refractivity contribution in [3.05, 3.63) is 29.6 Å². The van der Waals surface area contributed by atoms with Crippen LogP contribution in [0.4, 0.5) is 0 Å². The maximum absolute atomic E-state index is 6.20. The molecule has 0 fully saturated rings. The topological polar surface area (TPSA) is 53.5 Å². The second-order valence-electron chi connectivity index (χ2n) is 7.71. The Balaban J connectivity index is 2.55. The molecular formula is C25H38N2O3. The van der Waals surface area contributed by atoms with Gasteiger partial charge in [-0.1, -0.05) is 34.6 Å². The fourth-order valence-electron chi connectivity index (χ4n) is 3.25. The first-order valence-electron chi connectivity index (χ1n) is 11.5. The van der Waals surface area contributed by atoms with Crippen molar-refractivity contribution in [1.29, 1.82) is 0 Å². The molecule has 0 radical (unpaired) electrons. The molecule has 0 saturated carbocycles. The Kier molecular flexibility index (Phi) is 9.41. The quantitative estimate of drug-likeness (QED) is 0.401. The second-order valence-corrected chi connectivity index (χ2v) is 7.71. The number of ether oxygens (including phenoxy) is 3. The van der Waals surface area contributed by atoms with Gasteiger partial charge in [-0.2, -0.15) is 0 Å². The van der Waals surface area contributed by atoms with Crippen molar-refractivity contribution < 1.29 is 14.2 Å². The lowest BCUT2D eigenvalue weighted by Gasteiger charge is -2.20. The molecule has 0 aliphatic rings. The number of aryl methyl sites for hydroxylation is 2. The first kappa shape index (κ1) is 24.0. The van der Waals surface area contributed by atoms with Gasteiger partial charge in [0, 0.05) is 11.6 Å². The normalized spacial score (nSPS) is 11.2. The first-order valence-corrected chi connectivity index (χ1v) is 11.5. The molecule has 2 aromatic rings. The molecule has 0 aliphatic carbocycles. The van der Waals surface area contributed by atoms with Gasteiger partial charge in [-0.05, 0) is 58.1 Å². The number of aromatic nitrogens is 2. The zero-order chi connectivity index (χ0) is 22.1. The zero-order valence-corrected chi connectivity index (χ0v) is 19.7. The fourth-order valence-corrected chi connectivity index (χ4v) is 3.25. The first-order chi connectivity index (χ1) is 14.5. The number of nitrogens with zero attached hydrogens (tertiary/aromatic N) is 2. The van der Waals surface area contributed by atoms with Crippen LogP contribution in [0.1, 0.15) is 79.1 Å². The zero-order valence-electron chi connectivity index (χ0n) is 19.7. The van der Waals surface area contributed by atoms with Crippen LogP contribution >= 0.6 is 0 Å². The van der Waals surface area contributed by atoms with E-state index in [-0.39, 0.29) is 12.2 Å². The van der Waals surface area contributed by atoms with Crippen LogP contribution in [0.15, 0.2) is 18.2 Å². The van der Waals surface area contributed by atoms with Gasteiger partial charge in [0.25, 0.3) is 0 Å². The summed E-state index contributed by atoms with van der Waals surface area (Å²) in [6.07, 6.45) is 4.61. The molecule has 0 saturated heterocycles. The van der Waals surface area contributed by atoms with Crippen LogP contribution in [0, 0.1) is 0 Å². The summed E-state index contributed by atoms with van der Waals surface area (Å²) in [5, 5.41) is 0. The van der Waals surface area contributed by atoms with Gasteiger partial charge in [-0.15, -0.1) is 0 Å². The lowest BCUT2D eigenvalue weighted by atomic mass is 10.1. The van der Waals surface area contributed by atoms with E-state index in [1.807, 2.05) is 32.0 Å². The molecular weight excluding hydrogens is 376 g/mol. The summed E-state index contributed by atoms with van der Waals surface area (Å²) in [5.41, 5.74) is 3.62. The van der Waals surface area contributed by atoms with Crippen LogP contribution in [-0.2, 0) is 12.8 Å². The third kappa shape index (κ3) is 6.10. The molecule has 0 aliphatic heterocycles. The molecule has 0 spiro atoms. The van der Waals surface area contributed by atoms with E-state index in [4.69, 9.17) is 24.2 Å². The number of hydrogen-bond acceptors (Lipinski definition) is 5. The van der Waals surface area contributed by atoms with Gasteiger partial charge in [-0.25, -0.2) is 9.97 Å². The smallest absolute Gasteiger partial charge is 0.236 e. The van der Waals surface area contributed by atoms with Gasteiger partial charge in [0.15, 0.2) is 0 Å². The van der Waals surface area contributed by atoms with E-state index < -0.39 is 0 Å². The Labute approximate surface area is 182 Å². The number of hydrogen-bond donors (Lipinski definition) is 0. The summed E-state index contributed by atoms with van der Waals surface area (Å²) in [6, 6.07) is 5.98. The van der Waals surface area contributed by atoms with Crippen LogP contribution in [0.25, 0.3) is 11.3 Å². The van der Waals surface area contributed by atoms with Crippen molar-refractivity contribution in [2.45, 2.75) is 92.8 Å². The van der Waals surface area contributed by atoms with Crippen molar-refractivity contribution in [2.24, 2.45) is 0 Å². The van der Waals surface area contributed by atoms with Gasteiger partial charge < -0.3 is 14.2 Å². The molecule has 0 amide bonds. The Hall–Kier alpha value is -2.30. The predicted octanol–water partition coefficient (Wildman–Crippen LogP) is 6.41. The third-order valence-electron chi connectivity index (χ3n) is 4.91. The average molecular weight is 415 g/mol. The van der Waals surface area contributed by atoms with Crippen LogP contribution in [0.3, 0.4) is 0 Å². The summed E-state index contributed by atoms with van der Waals surface area (Å²) in [6.45, 7) is 15.3. The molecule has 2 rings (SSSR count). The maximum atomic E-state index is 6.20. The summed E-state index contributed by atoms with van der Waals surface area (Å²) in [7, 11) is 0. The minimum absolute atomic E-state index is 0.0475. The Morgan fingerprint density at radius 3 is 2.13 bits per heavy atom. The molecule has 1 aromatic carbocycles. The molecule has 1 heterocycles. The van der Waals surface area contributed by atoms with Gasteiger partial charge in [0.2, 0.25) is 5.88 Å². The SMILES string of the molecule is CCCOc1ccc(-c2nc(CC)c(OC(CC)CC)nc2CC)c(OC(C)C)c1. The number of rotatable bonds is 12. The second kappa shape index (κ2) is 11.8. The highest BCUT2D eigenvalue weighted by Crippen LogP contribution is 2.36. The fraction of sp³-hybridized carbons (Fsp3) is 0.600. The van der Waals surface area contributed by atoms with E-state index >= 15 is 0 Å². The molecule has 0 N–H and O–H groups in total. The van der Waals surface area contributed by atoms with Crippen molar-refractivity contribution in [2.75, 3.05) is 6.61 Å². The highest BCUT2D eigenvalue weighted by Gasteiger charge is 2.20. The maximum Gasteiger partial charge on any atom is 0.236 e. The summed E-state index contributed by atoms with van der Waals surface area (Å²) in [5.74, 6) is 2.26. The van der Waals surface area contributed by atoms with Crippen molar-refractivity contribution in [1.82, 2.24) is 9.97 Å². The predicted molar refractivity (Wildman–Crippen MR) is 123 cm³/mol. The Bertz CT molecular complexity index is 801. The third-order valence-corrected chi connectivity index (χ3v) is 4.91. The molecule has 1 aromatic heterocycles. The summed E-state index contributed by atoms with van der Waals surface area (Å²) >= 11 is 0. The lowest BCUT2D eigenvalue weighted by Crippen LogP contribution is -2.17. The van der Waals surface area contributed by atoms with Gasteiger partial charge in [0.05, 0.1) is 30.2 Å². The Morgan fingerprint density at radius 1 is 0.867 bits per heavy atom. The van der Waals surface area contributed by atoms with Gasteiger partial charge in [0.1, 0.15) is 17.2 Å². The van der Waals surface area contributed by atoms with Gasteiger partial charge in [-0.3, -0.25) is 0 Å². The van der Waals surface area contributed by atoms with Crippen molar-refractivity contribution >= 4 is 0 Å². The molecule has 0 unspecified atom stereocenters. The van der Waals surface area contributed by atoms with Crippen molar-refractivity contribution in [3.63, 3.8) is 0 Å². The van der Waals surface area contributed by atoms with Crippen LogP contribution < -0.4 is 14.2 Å². The molecule has 5 nitrogen and oxygen atoms in total. The van der Waals surface area contributed by atoms with Crippen molar-refractivity contribution in [3.8, 4) is 28.6 Å². The highest BCUT2D eigenvalue weighted by atomic mass is 16.5. The standard InChI is InChI=1S/C25H38N2O3/c1-8-15-28-19-13-14-20(23(16-19)29-17(6)7)24-21(11-4)27-25(22(12-5)26-24)30-18(9-2)10-3/h13-14,16-18H,8-12,15H2,1-7H3. The highest BCUT2D eigenvalue weighted by molar-refractivity contribution is 5.71.